The minimum atomic E-state index is -0.177. The Labute approximate surface area is 118 Å². The van der Waals surface area contributed by atoms with E-state index in [1.807, 2.05) is 13.8 Å². The van der Waals surface area contributed by atoms with Crippen LogP contribution in [0.1, 0.15) is 66.2 Å². The van der Waals surface area contributed by atoms with E-state index in [1.165, 1.54) is 25.7 Å². The summed E-state index contributed by atoms with van der Waals surface area (Å²) in [5, 5.41) is 0. The number of carbonyl (C=O) groups excluding carboxylic acids is 2. The number of hydrogen-bond acceptors (Lipinski definition) is 2. The molecule has 0 aromatic carbocycles. The lowest BCUT2D eigenvalue weighted by Gasteiger charge is -2.06. The highest BCUT2D eigenvalue weighted by Crippen LogP contribution is 2.10. The first-order valence-electron chi connectivity index (χ1n) is 7.57. The predicted molar refractivity (Wildman–Crippen MR) is 80.7 cm³/mol. The monoisotopic (exact) mass is 272 g/mol. The molecule has 1 aliphatic heterocycles. The molecule has 1 saturated heterocycles. The van der Waals surface area contributed by atoms with Crippen LogP contribution >= 0.6 is 0 Å². The van der Waals surface area contributed by atoms with E-state index in [-0.39, 0.29) is 5.91 Å². The molecule has 1 rings (SSSR count). The smallest absolute Gasteiger partial charge is 0.217 e. The van der Waals surface area contributed by atoms with Crippen LogP contribution in [0.4, 0.5) is 0 Å². The van der Waals surface area contributed by atoms with Crippen LogP contribution in [-0.4, -0.2) is 30.3 Å². The number of nitrogens with zero attached hydrogens (tertiary/aromatic N) is 1. The van der Waals surface area contributed by atoms with Gasteiger partial charge >= 0.3 is 0 Å². The topological polar surface area (TPSA) is 63.4 Å². The van der Waals surface area contributed by atoms with Gasteiger partial charge in [-0.25, -0.2) is 0 Å². The number of rotatable bonds is 6. The highest BCUT2D eigenvalue weighted by Gasteiger charge is 2.06. The molecule has 0 spiro atoms. The highest BCUT2D eigenvalue weighted by molar-refractivity contribution is 5.73. The highest BCUT2D eigenvalue weighted by atomic mass is 16.1. The van der Waals surface area contributed by atoms with E-state index >= 15 is 0 Å². The molecule has 114 valence electrons. The Morgan fingerprint density at radius 3 is 2.16 bits per heavy atom. The molecule has 0 radical (unpaired) electrons. The number of carbonyl (C=O) groups is 2. The Morgan fingerprint density at radius 2 is 1.84 bits per heavy atom. The van der Waals surface area contributed by atoms with Crippen molar-refractivity contribution in [3.05, 3.63) is 0 Å². The number of unbranched alkanes of at least 4 members (excludes halogenated alkanes) is 1. The fourth-order valence-corrected chi connectivity index (χ4v) is 1.85. The molecule has 1 atom stereocenters. The Balaban J connectivity index is 0. The van der Waals surface area contributed by atoms with Crippen LogP contribution in [0.2, 0.25) is 0 Å². The van der Waals surface area contributed by atoms with Gasteiger partial charge in [0.2, 0.25) is 12.3 Å². The third-order valence-corrected chi connectivity index (χ3v) is 2.89. The number of primary amides is 1. The molecule has 0 aromatic heterocycles. The number of amides is 2. The van der Waals surface area contributed by atoms with Crippen molar-refractivity contribution in [1.29, 1.82) is 0 Å². The lowest BCUT2D eigenvalue weighted by atomic mass is 10.0. The van der Waals surface area contributed by atoms with Gasteiger partial charge in [-0.05, 0) is 18.8 Å². The van der Waals surface area contributed by atoms with Crippen molar-refractivity contribution in [1.82, 2.24) is 4.90 Å². The average Bonchev–Trinajstić information content (AvgIpc) is 2.92. The fourth-order valence-electron chi connectivity index (χ4n) is 1.85. The quantitative estimate of drug-likeness (QED) is 0.756. The molecule has 2 N–H and O–H groups in total. The summed E-state index contributed by atoms with van der Waals surface area (Å²) in [5.74, 6) is 0.293. The molecular weight excluding hydrogens is 240 g/mol. The molecule has 2 amide bonds. The molecule has 0 aliphatic carbocycles. The van der Waals surface area contributed by atoms with E-state index in [0.717, 1.165) is 25.9 Å². The number of nitrogens with two attached hydrogens (primary N) is 1. The van der Waals surface area contributed by atoms with Crippen molar-refractivity contribution in [2.75, 3.05) is 13.1 Å². The van der Waals surface area contributed by atoms with Crippen molar-refractivity contribution in [3.63, 3.8) is 0 Å². The molecule has 1 aliphatic rings. The van der Waals surface area contributed by atoms with E-state index in [1.54, 1.807) is 4.90 Å². The summed E-state index contributed by atoms with van der Waals surface area (Å²) >= 11 is 0. The summed E-state index contributed by atoms with van der Waals surface area (Å²) in [6.45, 7) is 10.2. The first kappa shape index (κ1) is 20.3. The van der Waals surface area contributed by atoms with Gasteiger partial charge in [0, 0.05) is 19.5 Å². The maximum Gasteiger partial charge on any atom is 0.217 e. The van der Waals surface area contributed by atoms with E-state index in [0.29, 0.717) is 12.3 Å². The van der Waals surface area contributed by atoms with E-state index in [9.17, 15) is 9.59 Å². The van der Waals surface area contributed by atoms with Gasteiger partial charge in [0.15, 0.2) is 0 Å². The second-order valence-electron chi connectivity index (χ2n) is 4.77. The Hall–Kier alpha value is -1.06. The van der Waals surface area contributed by atoms with Gasteiger partial charge in [-0.3, -0.25) is 9.59 Å². The summed E-state index contributed by atoms with van der Waals surface area (Å²) in [5.41, 5.74) is 5.03. The van der Waals surface area contributed by atoms with Gasteiger partial charge in [0.25, 0.3) is 0 Å². The van der Waals surface area contributed by atoms with E-state index in [4.69, 9.17) is 5.73 Å². The van der Waals surface area contributed by atoms with Gasteiger partial charge in [0.05, 0.1) is 0 Å². The first-order valence-corrected chi connectivity index (χ1v) is 7.57. The summed E-state index contributed by atoms with van der Waals surface area (Å²) in [4.78, 5) is 22.1. The van der Waals surface area contributed by atoms with Crippen LogP contribution in [-0.2, 0) is 9.59 Å². The number of likely N-dealkylation sites (tertiary alicyclic amines) is 1. The lowest BCUT2D eigenvalue weighted by molar-refractivity contribution is -0.119. The zero-order valence-corrected chi connectivity index (χ0v) is 13.2. The molecule has 1 heterocycles. The summed E-state index contributed by atoms with van der Waals surface area (Å²) in [6, 6.07) is 0. The van der Waals surface area contributed by atoms with Crippen molar-refractivity contribution in [2.45, 2.75) is 66.2 Å². The maximum absolute atomic E-state index is 10.4. The van der Waals surface area contributed by atoms with Crippen LogP contribution in [0.5, 0.6) is 0 Å². The second kappa shape index (κ2) is 15.0. The SMILES string of the molecule is CC.CCCCC(C)CC(N)=O.O=CN1CCCC1. The lowest BCUT2D eigenvalue weighted by Crippen LogP contribution is -2.15. The minimum absolute atomic E-state index is 0.177. The van der Waals surface area contributed by atoms with Crippen LogP contribution in [0.3, 0.4) is 0 Å². The minimum Gasteiger partial charge on any atom is -0.370 e. The Kier molecular flexibility index (Phi) is 16.0. The summed E-state index contributed by atoms with van der Waals surface area (Å²) in [6.07, 6.45) is 7.38. The normalized spacial score (nSPS) is 14.6. The average molecular weight is 272 g/mol. The zero-order valence-electron chi connectivity index (χ0n) is 13.2. The Morgan fingerprint density at radius 1 is 1.32 bits per heavy atom. The molecule has 4 heteroatoms. The molecule has 0 saturated carbocycles. The predicted octanol–water partition coefficient (Wildman–Crippen LogP) is 2.95. The molecule has 0 bridgehead atoms. The molecule has 19 heavy (non-hydrogen) atoms. The zero-order chi connectivity index (χ0) is 15.1. The van der Waals surface area contributed by atoms with Crippen LogP contribution in [0, 0.1) is 5.92 Å². The second-order valence-corrected chi connectivity index (χ2v) is 4.77. The van der Waals surface area contributed by atoms with Crippen molar-refractivity contribution in [3.8, 4) is 0 Å². The van der Waals surface area contributed by atoms with Gasteiger partial charge in [-0.1, -0.05) is 47.0 Å². The van der Waals surface area contributed by atoms with Crippen LogP contribution < -0.4 is 5.73 Å². The standard InChI is InChI=1S/C8H17NO.C5H9NO.C2H6/c1-3-4-5-7(2)6-8(9)10;7-5-6-3-1-2-4-6;1-2/h7H,3-6H2,1-2H3,(H2,9,10);5H,1-4H2;1-2H3. The Bertz CT molecular complexity index is 214. The van der Waals surface area contributed by atoms with Gasteiger partial charge in [-0.2, -0.15) is 0 Å². The molecule has 0 aromatic rings. The third-order valence-electron chi connectivity index (χ3n) is 2.89. The first-order chi connectivity index (χ1) is 9.10. The summed E-state index contributed by atoms with van der Waals surface area (Å²) in [7, 11) is 0. The van der Waals surface area contributed by atoms with E-state index in [2.05, 4.69) is 13.8 Å². The maximum atomic E-state index is 10.4. The van der Waals surface area contributed by atoms with E-state index < -0.39 is 0 Å². The molecular formula is C15H32N2O2. The van der Waals surface area contributed by atoms with Crippen molar-refractivity contribution < 1.29 is 9.59 Å². The molecule has 1 fully saturated rings. The van der Waals surface area contributed by atoms with Crippen molar-refractivity contribution >= 4 is 12.3 Å². The summed E-state index contributed by atoms with van der Waals surface area (Å²) < 4.78 is 0. The van der Waals surface area contributed by atoms with Gasteiger partial charge in [0.1, 0.15) is 0 Å². The van der Waals surface area contributed by atoms with Crippen molar-refractivity contribution in [2.24, 2.45) is 11.7 Å². The van der Waals surface area contributed by atoms with Gasteiger partial charge in [-0.15, -0.1) is 0 Å². The fraction of sp³-hybridized carbons (Fsp3) is 0.867. The molecule has 4 nitrogen and oxygen atoms in total. The van der Waals surface area contributed by atoms with Crippen LogP contribution in [0.25, 0.3) is 0 Å². The molecule has 1 unspecified atom stereocenters. The van der Waals surface area contributed by atoms with Crippen LogP contribution in [0.15, 0.2) is 0 Å². The van der Waals surface area contributed by atoms with Gasteiger partial charge < -0.3 is 10.6 Å². The number of hydrogen-bond donors (Lipinski definition) is 1. The third kappa shape index (κ3) is 14.9. The largest absolute Gasteiger partial charge is 0.370 e.